The van der Waals surface area contributed by atoms with Crippen LogP contribution in [0.25, 0.3) is 10.9 Å². The zero-order chi connectivity index (χ0) is 19.3. The van der Waals surface area contributed by atoms with Crippen LogP contribution in [0.2, 0.25) is 0 Å². The third kappa shape index (κ3) is 2.79. The molecule has 27 heavy (non-hydrogen) atoms. The first-order valence-electron chi connectivity index (χ1n) is 8.41. The molecule has 0 bridgehead atoms. The van der Waals surface area contributed by atoms with E-state index in [4.69, 9.17) is 0 Å². The quantitative estimate of drug-likeness (QED) is 0.725. The number of nitrogens with one attached hydrogen (secondary N) is 1. The molecule has 3 aromatic rings. The summed E-state index contributed by atoms with van der Waals surface area (Å²) in [7, 11) is 0. The van der Waals surface area contributed by atoms with Crippen LogP contribution in [0.15, 0.2) is 53.5 Å². The Bertz CT molecular complexity index is 1130. The molecule has 0 fully saturated rings. The highest BCUT2D eigenvalue weighted by Gasteiger charge is 2.34. The number of halogens is 3. The van der Waals surface area contributed by atoms with E-state index in [0.29, 0.717) is 5.39 Å². The maximum absolute atomic E-state index is 13.1. The van der Waals surface area contributed by atoms with Crippen molar-refractivity contribution in [2.45, 2.75) is 25.6 Å². The van der Waals surface area contributed by atoms with Crippen LogP contribution in [0.5, 0.6) is 0 Å². The average molecular weight is 372 g/mol. The van der Waals surface area contributed by atoms with E-state index in [1.807, 2.05) is 17.6 Å². The lowest BCUT2D eigenvalue weighted by molar-refractivity contribution is -0.136. The first kappa shape index (κ1) is 17.3. The number of amides is 1. The lowest BCUT2D eigenvalue weighted by Crippen LogP contribution is -2.25. The zero-order valence-corrected chi connectivity index (χ0v) is 14.3. The minimum absolute atomic E-state index is 0.0551. The fraction of sp³-hybridized carbons (Fsp3) is 0.200. The van der Waals surface area contributed by atoms with Gasteiger partial charge in [0.05, 0.1) is 16.8 Å². The van der Waals surface area contributed by atoms with Crippen molar-refractivity contribution < 1.29 is 18.0 Å². The highest BCUT2D eigenvalue weighted by atomic mass is 19.4. The van der Waals surface area contributed by atoms with Gasteiger partial charge in [-0.1, -0.05) is 24.3 Å². The van der Waals surface area contributed by atoms with Crippen LogP contribution >= 0.6 is 0 Å². The number of alkyl halides is 3. The zero-order valence-electron chi connectivity index (χ0n) is 14.3. The summed E-state index contributed by atoms with van der Waals surface area (Å²) < 4.78 is 41.3. The summed E-state index contributed by atoms with van der Waals surface area (Å²) in [6, 6.07) is 10.1. The number of rotatable bonds is 2. The number of hydrogen-bond donors (Lipinski definition) is 1. The van der Waals surface area contributed by atoms with Crippen LogP contribution in [0.1, 0.15) is 34.5 Å². The Kier molecular flexibility index (Phi) is 3.83. The molecule has 1 aliphatic rings. The standard InChI is InChI=1S/C20H15F3N2O2/c1-11-9-12-5-4-6-13-17(12)25(11)10-14(18(13)26)19(27)24-16-8-3-2-7-15(16)20(21,22)23/h2-8,10-11H,9H2,1H3,(H,24,27)/t11-/m0/s1. The lowest BCUT2D eigenvalue weighted by Gasteiger charge is -2.15. The van der Waals surface area contributed by atoms with Crippen molar-refractivity contribution in [3.8, 4) is 0 Å². The summed E-state index contributed by atoms with van der Waals surface area (Å²) in [6.45, 7) is 1.96. The number of carbonyl (C=O) groups excluding carboxylic acids is 1. The van der Waals surface area contributed by atoms with Crippen LogP contribution in [-0.4, -0.2) is 10.5 Å². The highest BCUT2D eigenvalue weighted by Crippen LogP contribution is 2.35. The maximum atomic E-state index is 13.1. The van der Waals surface area contributed by atoms with E-state index in [-0.39, 0.29) is 17.3 Å². The van der Waals surface area contributed by atoms with E-state index < -0.39 is 23.1 Å². The second-order valence-corrected chi connectivity index (χ2v) is 6.64. The van der Waals surface area contributed by atoms with E-state index in [1.165, 1.54) is 24.4 Å². The predicted molar refractivity (Wildman–Crippen MR) is 96.0 cm³/mol. The fourth-order valence-electron chi connectivity index (χ4n) is 3.61. The summed E-state index contributed by atoms with van der Waals surface area (Å²) >= 11 is 0. The molecule has 4 rings (SSSR count). The summed E-state index contributed by atoms with van der Waals surface area (Å²) in [5.41, 5.74) is -0.199. The molecule has 0 saturated heterocycles. The highest BCUT2D eigenvalue weighted by molar-refractivity contribution is 6.06. The predicted octanol–water partition coefficient (Wildman–Crippen LogP) is 4.39. The third-order valence-electron chi connectivity index (χ3n) is 4.85. The van der Waals surface area contributed by atoms with E-state index in [2.05, 4.69) is 5.32 Å². The Morgan fingerprint density at radius 1 is 1.15 bits per heavy atom. The van der Waals surface area contributed by atoms with Crippen LogP contribution in [0.4, 0.5) is 18.9 Å². The van der Waals surface area contributed by atoms with Crippen LogP contribution < -0.4 is 10.7 Å². The van der Waals surface area contributed by atoms with Crippen molar-refractivity contribution in [3.05, 3.63) is 75.6 Å². The first-order valence-corrected chi connectivity index (χ1v) is 8.41. The molecule has 4 nitrogen and oxygen atoms in total. The molecular weight excluding hydrogens is 357 g/mol. The Hall–Kier alpha value is -3.09. The fourth-order valence-corrected chi connectivity index (χ4v) is 3.61. The number of nitrogens with zero attached hydrogens (tertiary/aromatic N) is 1. The van der Waals surface area contributed by atoms with Crippen molar-refractivity contribution in [1.82, 2.24) is 4.57 Å². The monoisotopic (exact) mass is 372 g/mol. The van der Waals surface area contributed by atoms with E-state index in [1.54, 1.807) is 12.1 Å². The molecule has 1 amide bonds. The van der Waals surface area contributed by atoms with Gasteiger partial charge in [0.25, 0.3) is 5.91 Å². The second kappa shape index (κ2) is 5.97. The van der Waals surface area contributed by atoms with Gasteiger partial charge < -0.3 is 9.88 Å². The minimum atomic E-state index is -4.61. The summed E-state index contributed by atoms with van der Waals surface area (Å²) in [5, 5.41) is 2.65. The average Bonchev–Trinajstić information content (AvgIpc) is 2.93. The molecule has 138 valence electrons. The third-order valence-corrected chi connectivity index (χ3v) is 4.85. The molecule has 1 N–H and O–H groups in total. The van der Waals surface area contributed by atoms with Crippen LogP contribution in [0, 0.1) is 0 Å². The molecule has 0 radical (unpaired) electrons. The van der Waals surface area contributed by atoms with Gasteiger partial charge in [-0.2, -0.15) is 13.2 Å². The smallest absolute Gasteiger partial charge is 0.343 e. The molecule has 7 heteroatoms. The molecule has 0 unspecified atom stereocenters. The van der Waals surface area contributed by atoms with Crippen molar-refractivity contribution >= 4 is 22.5 Å². The molecular formula is C20H15F3N2O2. The summed E-state index contributed by atoms with van der Waals surface area (Å²) in [4.78, 5) is 25.4. The number of para-hydroxylation sites is 2. The van der Waals surface area contributed by atoms with Gasteiger partial charge in [0.15, 0.2) is 0 Å². The molecule has 1 atom stereocenters. The maximum Gasteiger partial charge on any atom is 0.418 e. The Morgan fingerprint density at radius 3 is 2.63 bits per heavy atom. The SMILES string of the molecule is C[C@H]1Cc2cccc3c(=O)c(C(=O)Nc4ccccc4C(F)(F)F)cn1c23. The van der Waals surface area contributed by atoms with Gasteiger partial charge in [-0.3, -0.25) is 9.59 Å². The number of hydrogen-bond acceptors (Lipinski definition) is 2. The van der Waals surface area contributed by atoms with E-state index in [0.717, 1.165) is 23.6 Å². The molecule has 2 aromatic carbocycles. The molecule has 1 aromatic heterocycles. The summed E-state index contributed by atoms with van der Waals surface area (Å²) in [6.07, 6.45) is -2.43. The lowest BCUT2D eigenvalue weighted by atomic mass is 10.1. The number of anilines is 1. The van der Waals surface area contributed by atoms with Gasteiger partial charge >= 0.3 is 6.18 Å². The van der Waals surface area contributed by atoms with Crippen molar-refractivity contribution in [2.75, 3.05) is 5.32 Å². The van der Waals surface area contributed by atoms with Gasteiger partial charge in [-0.15, -0.1) is 0 Å². The van der Waals surface area contributed by atoms with Crippen molar-refractivity contribution in [1.29, 1.82) is 0 Å². The molecule has 0 aliphatic carbocycles. The normalized spacial score (nSPS) is 15.9. The van der Waals surface area contributed by atoms with Crippen molar-refractivity contribution in [2.24, 2.45) is 0 Å². The topological polar surface area (TPSA) is 51.1 Å². The van der Waals surface area contributed by atoms with E-state index >= 15 is 0 Å². The van der Waals surface area contributed by atoms with Gasteiger partial charge in [0, 0.05) is 17.6 Å². The Labute approximate surface area is 152 Å². The molecule has 0 saturated carbocycles. The Balaban J connectivity index is 1.81. The molecule has 2 heterocycles. The summed E-state index contributed by atoms with van der Waals surface area (Å²) in [5.74, 6) is -0.855. The van der Waals surface area contributed by atoms with Crippen LogP contribution in [-0.2, 0) is 12.6 Å². The van der Waals surface area contributed by atoms with Crippen molar-refractivity contribution in [3.63, 3.8) is 0 Å². The number of carbonyl (C=O) groups is 1. The first-order chi connectivity index (χ1) is 12.8. The van der Waals surface area contributed by atoms with E-state index in [9.17, 15) is 22.8 Å². The number of benzene rings is 2. The van der Waals surface area contributed by atoms with Gasteiger partial charge in [-0.25, -0.2) is 0 Å². The second-order valence-electron chi connectivity index (χ2n) is 6.64. The van der Waals surface area contributed by atoms with Gasteiger partial charge in [0.2, 0.25) is 5.43 Å². The molecule has 1 aliphatic heterocycles. The van der Waals surface area contributed by atoms with Crippen LogP contribution in [0.3, 0.4) is 0 Å². The largest absolute Gasteiger partial charge is 0.418 e. The molecule has 0 spiro atoms. The number of aromatic nitrogens is 1. The Morgan fingerprint density at radius 2 is 1.89 bits per heavy atom. The van der Waals surface area contributed by atoms with Gasteiger partial charge in [0.1, 0.15) is 5.56 Å². The minimum Gasteiger partial charge on any atom is -0.343 e. The number of pyridine rings is 1. The van der Waals surface area contributed by atoms with Gasteiger partial charge in [-0.05, 0) is 37.1 Å².